The van der Waals surface area contributed by atoms with Gasteiger partial charge >= 0.3 is 11.8 Å². The van der Waals surface area contributed by atoms with E-state index in [2.05, 4.69) is 10.6 Å². The number of nitrogens with one attached hydrogen (secondary N) is 2. The molecule has 0 heterocycles. The van der Waals surface area contributed by atoms with Crippen LogP contribution in [0, 0.1) is 10.8 Å². The average molecular weight is 593 g/mol. The van der Waals surface area contributed by atoms with Crippen LogP contribution in [0.4, 0.5) is 0 Å². The van der Waals surface area contributed by atoms with E-state index in [9.17, 15) is 19.8 Å². The lowest BCUT2D eigenvalue weighted by Gasteiger charge is -2.45. The van der Waals surface area contributed by atoms with E-state index in [1.165, 1.54) is 0 Å². The van der Waals surface area contributed by atoms with E-state index in [0.717, 1.165) is 0 Å². The topological polar surface area (TPSA) is 98.7 Å². The van der Waals surface area contributed by atoms with Gasteiger partial charge in [0.1, 0.15) is 11.2 Å². The third kappa shape index (κ3) is 6.62. The highest BCUT2D eigenvalue weighted by Crippen LogP contribution is 2.42. The molecule has 0 aliphatic heterocycles. The van der Waals surface area contributed by atoms with Gasteiger partial charge in [-0.15, -0.1) is 0 Å². The number of benzene rings is 4. The number of hydrogen-bond acceptors (Lipinski definition) is 4. The molecule has 44 heavy (non-hydrogen) atoms. The normalized spacial score (nSPS) is 13.9. The highest BCUT2D eigenvalue weighted by atomic mass is 16.3. The molecule has 0 spiro atoms. The Kier molecular flexibility index (Phi) is 9.47. The lowest BCUT2D eigenvalue weighted by atomic mass is 9.69. The largest absolute Gasteiger partial charge is 0.378 e. The van der Waals surface area contributed by atoms with Gasteiger partial charge in [-0.3, -0.25) is 9.59 Å². The van der Waals surface area contributed by atoms with E-state index < -0.39 is 45.9 Å². The van der Waals surface area contributed by atoms with Crippen molar-refractivity contribution in [2.24, 2.45) is 10.8 Å². The summed E-state index contributed by atoms with van der Waals surface area (Å²) in [4.78, 5) is 27.7. The zero-order chi connectivity index (χ0) is 32.2. The molecule has 0 aliphatic carbocycles. The SMILES string of the molecule is CC(C)(C)[C@@H](NC(=O)C(=O)N[C@H](C(C)(C)C)C(O)(c1ccccc1)c1ccccc1)C(O)(c1ccccc1)c1ccccc1. The number of hydrogen-bond donors (Lipinski definition) is 4. The van der Waals surface area contributed by atoms with Crippen molar-refractivity contribution >= 4 is 11.8 Å². The van der Waals surface area contributed by atoms with Crippen molar-refractivity contribution in [1.29, 1.82) is 0 Å². The fourth-order valence-electron chi connectivity index (χ4n) is 6.06. The molecule has 6 nitrogen and oxygen atoms in total. The van der Waals surface area contributed by atoms with Gasteiger partial charge in [0.25, 0.3) is 0 Å². The second-order valence-electron chi connectivity index (χ2n) is 13.5. The summed E-state index contributed by atoms with van der Waals surface area (Å²) in [5, 5.41) is 30.9. The molecule has 2 amide bonds. The summed E-state index contributed by atoms with van der Waals surface area (Å²) in [6.07, 6.45) is 0. The van der Waals surface area contributed by atoms with Gasteiger partial charge in [-0.25, -0.2) is 0 Å². The van der Waals surface area contributed by atoms with Crippen molar-refractivity contribution in [2.45, 2.75) is 64.8 Å². The van der Waals surface area contributed by atoms with E-state index in [0.29, 0.717) is 22.3 Å². The van der Waals surface area contributed by atoms with Crippen molar-refractivity contribution in [1.82, 2.24) is 10.6 Å². The second kappa shape index (κ2) is 12.8. The molecule has 0 aromatic heterocycles. The Morgan fingerprint density at radius 2 is 0.659 bits per heavy atom. The number of rotatable bonds is 8. The standard InChI is InChI=1S/C38H44N2O4/c1-35(2,3)33(37(43,27-19-11-7-12-20-27)28-21-13-8-14-22-28)39-31(41)32(42)40-34(36(4,5)6)38(44,29-23-15-9-16-24-29)30-25-17-10-18-26-30/h7-26,33-34,43-44H,1-6H3,(H,39,41)(H,40,42)/t33-,34-/m1/s1. The van der Waals surface area contributed by atoms with Crippen LogP contribution in [0.5, 0.6) is 0 Å². The van der Waals surface area contributed by atoms with Crippen LogP contribution in [-0.2, 0) is 20.8 Å². The Morgan fingerprint density at radius 3 is 0.841 bits per heavy atom. The van der Waals surface area contributed by atoms with Crippen LogP contribution in [0.3, 0.4) is 0 Å². The summed E-state index contributed by atoms with van der Waals surface area (Å²) >= 11 is 0. The molecule has 4 rings (SSSR count). The second-order valence-corrected chi connectivity index (χ2v) is 13.5. The van der Waals surface area contributed by atoms with Gasteiger partial charge in [0.15, 0.2) is 0 Å². The predicted molar refractivity (Wildman–Crippen MR) is 175 cm³/mol. The number of carbonyl (C=O) groups excluding carboxylic acids is 2. The van der Waals surface area contributed by atoms with Gasteiger partial charge in [-0.05, 0) is 33.1 Å². The van der Waals surface area contributed by atoms with E-state index in [-0.39, 0.29) is 0 Å². The first-order valence-electron chi connectivity index (χ1n) is 15.0. The molecule has 0 saturated heterocycles. The predicted octanol–water partition coefficient (Wildman–Crippen LogP) is 5.92. The van der Waals surface area contributed by atoms with E-state index >= 15 is 0 Å². The van der Waals surface area contributed by atoms with Crippen LogP contribution < -0.4 is 10.6 Å². The molecule has 230 valence electrons. The van der Waals surface area contributed by atoms with Crippen molar-refractivity contribution in [3.63, 3.8) is 0 Å². The third-order valence-electron chi connectivity index (χ3n) is 8.18. The van der Waals surface area contributed by atoms with E-state index in [1.54, 1.807) is 0 Å². The molecular weight excluding hydrogens is 548 g/mol. The fraction of sp³-hybridized carbons (Fsp3) is 0.316. The Morgan fingerprint density at radius 1 is 0.455 bits per heavy atom. The molecule has 4 aromatic carbocycles. The zero-order valence-electron chi connectivity index (χ0n) is 26.4. The average Bonchev–Trinajstić information content (AvgIpc) is 3.02. The van der Waals surface area contributed by atoms with Gasteiger partial charge < -0.3 is 20.8 Å². The summed E-state index contributed by atoms with van der Waals surface area (Å²) in [6, 6.07) is 34.8. The minimum Gasteiger partial charge on any atom is -0.378 e. The maximum absolute atomic E-state index is 13.9. The van der Waals surface area contributed by atoms with Gasteiger partial charge in [0.2, 0.25) is 0 Å². The van der Waals surface area contributed by atoms with Gasteiger partial charge in [-0.1, -0.05) is 163 Å². The monoisotopic (exact) mass is 592 g/mol. The minimum atomic E-state index is -1.66. The minimum absolute atomic E-state index is 0.585. The smallest absolute Gasteiger partial charge is 0.309 e. The molecule has 2 atom stereocenters. The molecule has 0 bridgehead atoms. The third-order valence-corrected chi connectivity index (χ3v) is 8.18. The summed E-state index contributed by atoms with van der Waals surface area (Å²) in [7, 11) is 0. The number of carbonyl (C=O) groups is 2. The number of amides is 2. The first-order chi connectivity index (χ1) is 20.7. The van der Waals surface area contributed by atoms with Crippen LogP contribution in [-0.4, -0.2) is 34.1 Å². The fourth-order valence-corrected chi connectivity index (χ4v) is 6.06. The molecular formula is C38H44N2O4. The maximum Gasteiger partial charge on any atom is 0.309 e. The molecule has 0 unspecified atom stereocenters. The van der Waals surface area contributed by atoms with Crippen molar-refractivity contribution in [3.05, 3.63) is 144 Å². The molecule has 4 N–H and O–H groups in total. The summed E-state index contributed by atoms with van der Waals surface area (Å²) < 4.78 is 0. The van der Waals surface area contributed by atoms with E-state index in [4.69, 9.17) is 0 Å². The lowest BCUT2D eigenvalue weighted by Crippen LogP contribution is -2.63. The Balaban J connectivity index is 1.75. The molecule has 6 heteroatoms. The van der Waals surface area contributed by atoms with Crippen LogP contribution in [0.15, 0.2) is 121 Å². The summed E-state index contributed by atoms with van der Waals surface area (Å²) in [5.74, 6) is -1.82. The Hall–Kier alpha value is -4.26. The number of aliphatic hydroxyl groups is 2. The highest BCUT2D eigenvalue weighted by molar-refractivity contribution is 6.35. The van der Waals surface area contributed by atoms with Crippen LogP contribution in [0.1, 0.15) is 63.8 Å². The van der Waals surface area contributed by atoms with Gasteiger partial charge in [-0.2, -0.15) is 0 Å². The van der Waals surface area contributed by atoms with Crippen molar-refractivity contribution in [3.8, 4) is 0 Å². The highest BCUT2D eigenvalue weighted by Gasteiger charge is 2.50. The first-order valence-corrected chi connectivity index (χ1v) is 15.0. The quantitative estimate of drug-likeness (QED) is 0.191. The molecule has 0 radical (unpaired) electrons. The summed E-state index contributed by atoms with van der Waals surface area (Å²) in [5.41, 5.74) is -2.35. The van der Waals surface area contributed by atoms with Crippen molar-refractivity contribution < 1.29 is 19.8 Å². The van der Waals surface area contributed by atoms with Gasteiger partial charge in [0, 0.05) is 0 Å². The van der Waals surface area contributed by atoms with E-state index in [1.807, 2.05) is 163 Å². The molecule has 4 aromatic rings. The first kappa shape index (κ1) is 32.6. The Labute approximate surface area is 261 Å². The summed E-state index contributed by atoms with van der Waals surface area (Å²) in [6.45, 7) is 11.5. The Bertz CT molecular complexity index is 1330. The van der Waals surface area contributed by atoms with Crippen molar-refractivity contribution in [2.75, 3.05) is 0 Å². The maximum atomic E-state index is 13.9. The molecule has 0 aliphatic rings. The van der Waals surface area contributed by atoms with Crippen LogP contribution in [0.2, 0.25) is 0 Å². The van der Waals surface area contributed by atoms with Crippen LogP contribution >= 0.6 is 0 Å². The van der Waals surface area contributed by atoms with Gasteiger partial charge in [0.05, 0.1) is 12.1 Å². The molecule has 0 saturated carbocycles. The zero-order valence-corrected chi connectivity index (χ0v) is 26.4. The van der Waals surface area contributed by atoms with Crippen LogP contribution in [0.25, 0.3) is 0 Å². The molecule has 0 fully saturated rings. The lowest BCUT2D eigenvalue weighted by molar-refractivity contribution is -0.144.